The summed E-state index contributed by atoms with van der Waals surface area (Å²) >= 11 is 1.66. The molecular weight excluding hydrogens is 260 g/mol. The summed E-state index contributed by atoms with van der Waals surface area (Å²) < 4.78 is 1.80. The van der Waals surface area contributed by atoms with E-state index in [1.807, 2.05) is 31.5 Å². The molecule has 2 aromatic rings. The van der Waals surface area contributed by atoms with Gasteiger partial charge in [-0.25, -0.2) is 4.79 Å². The molecule has 5 nitrogen and oxygen atoms in total. The van der Waals surface area contributed by atoms with Crippen molar-refractivity contribution in [1.29, 1.82) is 0 Å². The van der Waals surface area contributed by atoms with Crippen LogP contribution in [0.5, 0.6) is 0 Å². The van der Waals surface area contributed by atoms with Crippen molar-refractivity contribution in [1.82, 2.24) is 20.4 Å². The first kappa shape index (κ1) is 13.6. The van der Waals surface area contributed by atoms with Gasteiger partial charge in [0.2, 0.25) is 0 Å². The van der Waals surface area contributed by atoms with E-state index < -0.39 is 0 Å². The summed E-state index contributed by atoms with van der Waals surface area (Å²) in [7, 11) is 0. The van der Waals surface area contributed by atoms with Gasteiger partial charge >= 0.3 is 6.03 Å². The van der Waals surface area contributed by atoms with Crippen molar-refractivity contribution in [3.8, 4) is 0 Å². The van der Waals surface area contributed by atoms with E-state index in [1.54, 1.807) is 22.2 Å². The molecule has 102 valence electrons. The van der Waals surface area contributed by atoms with E-state index in [2.05, 4.69) is 21.8 Å². The van der Waals surface area contributed by atoms with Crippen molar-refractivity contribution in [2.75, 3.05) is 0 Å². The molecule has 2 aromatic heterocycles. The molecule has 19 heavy (non-hydrogen) atoms. The molecule has 0 aromatic carbocycles. The Labute approximate surface area is 116 Å². The highest BCUT2D eigenvalue weighted by Crippen LogP contribution is 2.14. The fourth-order valence-electron chi connectivity index (χ4n) is 1.76. The molecule has 2 amide bonds. The summed E-state index contributed by atoms with van der Waals surface area (Å²) in [5.41, 5.74) is 1.22. The lowest BCUT2D eigenvalue weighted by Gasteiger charge is -2.14. The number of urea groups is 1. The highest BCUT2D eigenvalue weighted by molar-refractivity contribution is 7.10. The van der Waals surface area contributed by atoms with Crippen LogP contribution in [-0.2, 0) is 13.1 Å². The quantitative estimate of drug-likeness (QED) is 0.880. The molecule has 0 radical (unpaired) electrons. The topological polar surface area (TPSA) is 59.0 Å². The van der Waals surface area contributed by atoms with Gasteiger partial charge in [-0.1, -0.05) is 0 Å². The van der Waals surface area contributed by atoms with Crippen molar-refractivity contribution < 1.29 is 4.79 Å². The highest BCUT2D eigenvalue weighted by atomic mass is 32.1. The van der Waals surface area contributed by atoms with E-state index in [-0.39, 0.29) is 12.1 Å². The number of aryl methyl sites for hydroxylation is 1. The van der Waals surface area contributed by atoms with Crippen LogP contribution in [0.4, 0.5) is 4.79 Å². The number of hydrogen-bond donors (Lipinski definition) is 2. The van der Waals surface area contributed by atoms with E-state index in [9.17, 15) is 4.79 Å². The van der Waals surface area contributed by atoms with Crippen molar-refractivity contribution in [3.63, 3.8) is 0 Å². The fraction of sp³-hybridized carbons (Fsp3) is 0.385. The Morgan fingerprint density at radius 3 is 3.05 bits per heavy atom. The molecule has 6 heteroatoms. The van der Waals surface area contributed by atoms with E-state index in [4.69, 9.17) is 0 Å². The summed E-state index contributed by atoms with van der Waals surface area (Å²) in [6, 6.07) is 3.81. The molecule has 0 bridgehead atoms. The molecule has 0 saturated carbocycles. The number of nitrogens with zero attached hydrogens (tertiary/aromatic N) is 2. The standard InChI is InChI=1S/C13H18N4OS/c1-10-4-7-19-12(10)8-14-13(18)16-11(2)9-17-6-3-5-15-17/h3-7,11H,8-9H2,1-2H3,(H2,14,16,18)/t11-/m0/s1. The average Bonchev–Trinajstić information content (AvgIpc) is 2.98. The number of amides is 2. The second-order valence-electron chi connectivity index (χ2n) is 4.48. The Bertz CT molecular complexity index is 520. The lowest BCUT2D eigenvalue weighted by molar-refractivity contribution is 0.236. The second kappa shape index (κ2) is 6.38. The summed E-state index contributed by atoms with van der Waals surface area (Å²) in [5, 5.41) is 11.9. The Morgan fingerprint density at radius 1 is 1.58 bits per heavy atom. The molecule has 0 aliphatic carbocycles. The predicted molar refractivity (Wildman–Crippen MR) is 76.1 cm³/mol. The van der Waals surface area contributed by atoms with Gasteiger partial charge < -0.3 is 10.6 Å². The minimum atomic E-state index is -0.146. The summed E-state index contributed by atoms with van der Waals surface area (Å²) in [5.74, 6) is 0. The molecule has 2 heterocycles. The minimum Gasteiger partial charge on any atom is -0.334 e. The molecule has 1 atom stereocenters. The Balaban J connectivity index is 1.73. The number of thiophene rings is 1. The summed E-state index contributed by atoms with van der Waals surface area (Å²) in [6.07, 6.45) is 3.61. The Morgan fingerprint density at radius 2 is 2.42 bits per heavy atom. The lowest BCUT2D eigenvalue weighted by atomic mass is 10.3. The van der Waals surface area contributed by atoms with Crippen LogP contribution in [0.3, 0.4) is 0 Å². The molecule has 0 fully saturated rings. The number of carbonyl (C=O) groups excluding carboxylic acids is 1. The molecular formula is C13H18N4OS. The fourth-order valence-corrected chi connectivity index (χ4v) is 2.60. The van der Waals surface area contributed by atoms with Gasteiger partial charge in [0, 0.05) is 23.3 Å². The number of aromatic nitrogens is 2. The lowest BCUT2D eigenvalue weighted by Crippen LogP contribution is -2.42. The molecule has 0 saturated heterocycles. The molecule has 2 rings (SSSR count). The molecule has 0 aliphatic rings. The maximum atomic E-state index is 11.7. The maximum absolute atomic E-state index is 11.7. The van der Waals surface area contributed by atoms with Crippen LogP contribution in [-0.4, -0.2) is 21.9 Å². The monoisotopic (exact) mass is 278 g/mol. The first-order valence-corrected chi connectivity index (χ1v) is 7.08. The third-order valence-electron chi connectivity index (χ3n) is 2.78. The van der Waals surface area contributed by atoms with Crippen LogP contribution in [0.1, 0.15) is 17.4 Å². The molecule has 0 spiro atoms. The number of hydrogen-bond acceptors (Lipinski definition) is 3. The van der Waals surface area contributed by atoms with Crippen LogP contribution in [0.25, 0.3) is 0 Å². The Hall–Kier alpha value is -1.82. The third kappa shape index (κ3) is 4.10. The van der Waals surface area contributed by atoms with Gasteiger partial charge in [0.1, 0.15) is 0 Å². The predicted octanol–water partition coefficient (Wildman–Crippen LogP) is 2.14. The highest BCUT2D eigenvalue weighted by Gasteiger charge is 2.08. The van der Waals surface area contributed by atoms with Crippen LogP contribution < -0.4 is 10.6 Å². The maximum Gasteiger partial charge on any atom is 0.315 e. The largest absolute Gasteiger partial charge is 0.334 e. The van der Waals surface area contributed by atoms with Gasteiger partial charge in [-0.05, 0) is 36.9 Å². The van der Waals surface area contributed by atoms with Crippen LogP contribution in [0, 0.1) is 6.92 Å². The van der Waals surface area contributed by atoms with Crippen LogP contribution in [0.15, 0.2) is 29.9 Å². The first-order valence-electron chi connectivity index (χ1n) is 6.20. The zero-order valence-electron chi connectivity index (χ0n) is 11.1. The number of carbonyl (C=O) groups is 1. The van der Waals surface area contributed by atoms with Gasteiger partial charge in [0.05, 0.1) is 13.1 Å². The summed E-state index contributed by atoms with van der Waals surface area (Å²) in [6.45, 7) is 5.24. The van der Waals surface area contributed by atoms with Crippen molar-refractivity contribution in [2.24, 2.45) is 0 Å². The molecule has 0 unspecified atom stereocenters. The number of rotatable bonds is 5. The molecule has 2 N–H and O–H groups in total. The van der Waals surface area contributed by atoms with Crippen LogP contribution in [0.2, 0.25) is 0 Å². The van der Waals surface area contributed by atoms with E-state index in [0.29, 0.717) is 13.1 Å². The SMILES string of the molecule is Cc1ccsc1CNC(=O)N[C@@H](C)Cn1cccn1. The molecule has 0 aliphatic heterocycles. The Kier molecular flexibility index (Phi) is 4.57. The van der Waals surface area contributed by atoms with Gasteiger partial charge in [-0.15, -0.1) is 11.3 Å². The zero-order chi connectivity index (χ0) is 13.7. The van der Waals surface area contributed by atoms with E-state index >= 15 is 0 Å². The third-order valence-corrected chi connectivity index (χ3v) is 3.80. The van der Waals surface area contributed by atoms with E-state index in [0.717, 1.165) is 0 Å². The van der Waals surface area contributed by atoms with E-state index in [1.165, 1.54) is 10.4 Å². The normalized spacial score (nSPS) is 12.1. The second-order valence-corrected chi connectivity index (χ2v) is 5.48. The van der Waals surface area contributed by atoms with Gasteiger partial charge in [0.15, 0.2) is 0 Å². The van der Waals surface area contributed by atoms with Gasteiger partial charge in [-0.2, -0.15) is 5.10 Å². The van der Waals surface area contributed by atoms with Gasteiger partial charge in [-0.3, -0.25) is 4.68 Å². The van der Waals surface area contributed by atoms with Crippen molar-refractivity contribution in [3.05, 3.63) is 40.3 Å². The smallest absolute Gasteiger partial charge is 0.315 e. The summed E-state index contributed by atoms with van der Waals surface area (Å²) in [4.78, 5) is 12.9. The van der Waals surface area contributed by atoms with Crippen molar-refractivity contribution >= 4 is 17.4 Å². The first-order chi connectivity index (χ1) is 9.15. The van der Waals surface area contributed by atoms with Gasteiger partial charge in [0.25, 0.3) is 0 Å². The van der Waals surface area contributed by atoms with Crippen molar-refractivity contribution in [2.45, 2.75) is 33.0 Å². The minimum absolute atomic E-state index is 0.0318. The zero-order valence-corrected chi connectivity index (χ0v) is 11.9. The van der Waals surface area contributed by atoms with Crippen LogP contribution >= 0.6 is 11.3 Å². The number of nitrogens with one attached hydrogen (secondary N) is 2. The average molecular weight is 278 g/mol.